The second-order valence-electron chi connectivity index (χ2n) is 7.50. The lowest BCUT2D eigenvalue weighted by Gasteiger charge is -2.28. The van der Waals surface area contributed by atoms with Crippen LogP contribution in [0.4, 0.5) is 5.69 Å². The van der Waals surface area contributed by atoms with Crippen molar-refractivity contribution in [2.24, 2.45) is 5.92 Å². The molecule has 152 valence electrons. The van der Waals surface area contributed by atoms with Gasteiger partial charge in [0.15, 0.2) is 0 Å². The zero-order valence-electron chi connectivity index (χ0n) is 15.9. The number of pyridine rings is 1. The van der Waals surface area contributed by atoms with E-state index in [2.05, 4.69) is 15.6 Å². The summed E-state index contributed by atoms with van der Waals surface area (Å²) >= 11 is 0. The van der Waals surface area contributed by atoms with E-state index in [4.69, 9.17) is 4.74 Å². The molecule has 2 N–H and O–H groups in total. The van der Waals surface area contributed by atoms with E-state index in [0.29, 0.717) is 30.2 Å². The van der Waals surface area contributed by atoms with Gasteiger partial charge in [0, 0.05) is 30.4 Å². The maximum Gasteiger partial charge on any atom is 0.224 e. The molecule has 2 bridgehead atoms. The van der Waals surface area contributed by atoms with Crippen LogP contribution in [0.15, 0.2) is 42.7 Å². The first-order valence-electron chi connectivity index (χ1n) is 9.40. The van der Waals surface area contributed by atoms with Gasteiger partial charge in [-0.3, -0.25) is 9.78 Å². The summed E-state index contributed by atoms with van der Waals surface area (Å²) in [6, 6.07) is 10.7. The lowest BCUT2D eigenvalue weighted by atomic mass is 9.89. The molecule has 5 nitrogen and oxygen atoms in total. The third-order valence-electron chi connectivity index (χ3n) is 5.37. The summed E-state index contributed by atoms with van der Waals surface area (Å²) in [6.07, 6.45) is 8.79. The molecule has 1 aromatic carbocycles. The van der Waals surface area contributed by atoms with Crippen LogP contribution in [-0.2, 0) is 4.79 Å². The zero-order chi connectivity index (χ0) is 17.9. The number of carbonyl (C=O) groups is 1. The molecule has 28 heavy (non-hydrogen) atoms. The number of hydrogen-bond donors (Lipinski definition) is 2. The Bertz CT molecular complexity index is 776. The van der Waals surface area contributed by atoms with Crippen molar-refractivity contribution in [3.63, 3.8) is 0 Å². The number of anilines is 1. The summed E-state index contributed by atoms with van der Waals surface area (Å²) in [6.45, 7) is 1.98. The maximum absolute atomic E-state index is 12.4. The first kappa shape index (κ1) is 22.5. The molecule has 0 radical (unpaired) electrons. The third-order valence-corrected chi connectivity index (χ3v) is 5.37. The van der Waals surface area contributed by atoms with E-state index < -0.39 is 0 Å². The molecule has 7 heteroatoms. The fraction of sp³-hybridized carbons (Fsp3) is 0.429. The van der Waals surface area contributed by atoms with Crippen LogP contribution in [0.2, 0.25) is 0 Å². The summed E-state index contributed by atoms with van der Waals surface area (Å²) in [4.78, 5) is 16.5. The number of ether oxygens (including phenoxy) is 1. The van der Waals surface area contributed by atoms with Crippen LogP contribution in [0.5, 0.6) is 11.5 Å². The van der Waals surface area contributed by atoms with Crippen molar-refractivity contribution in [3.05, 3.63) is 48.3 Å². The topological polar surface area (TPSA) is 63.2 Å². The number of aryl methyl sites for hydroxylation is 1. The van der Waals surface area contributed by atoms with Gasteiger partial charge in [-0.2, -0.15) is 0 Å². The minimum absolute atomic E-state index is 0. The Hall–Kier alpha value is -1.82. The van der Waals surface area contributed by atoms with Crippen LogP contribution >= 0.6 is 24.8 Å². The molecule has 2 atom stereocenters. The van der Waals surface area contributed by atoms with Gasteiger partial charge in [-0.1, -0.05) is 0 Å². The van der Waals surface area contributed by atoms with Crippen molar-refractivity contribution in [2.75, 3.05) is 5.32 Å². The number of fused-ring (bicyclic) bond motifs is 2. The molecular formula is C21H27Cl2N3O2. The van der Waals surface area contributed by atoms with Crippen LogP contribution in [0.3, 0.4) is 0 Å². The Kier molecular flexibility index (Phi) is 8.10. The third kappa shape index (κ3) is 5.60. The number of amides is 1. The highest BCUT2D eigenvalue weighted by molar-refractivity contribution is 5.91. The van der Waals surface area contributed by atoms with Gasteiger partial charge in [-0.05, 0) is 74.4 Å². The van der Waals surface area contributed by atoms with Crippen molar-refractivity contribution in [3.8, 4) is 11.5 Å². The first-order valence-corrected chi connectivity index (χ1v) is 9.40. The van der Waals surface area contributed by atoms with Crippen LogP contribution < -0.4 is 15.4 Å². The minimum Gasteiger partial charge on any atom is -0.455 e. The number of nitrogens with zero attached hydrogens (tertiary/aromatic N) is 1. The first-order chi connectivity index (χ1) is 12.7. The second kappa shape index (κ2) is 10.1. The number of carbonyl (C=O) groups excluding carboxylic acids is 1. The van der Waals surface area contributed by atoms with Gasteiger partial charge < -0.3 is 15.4 Å². The van der Waals surface area contributed by atoms with Crippen LogP contribution in [0, 0.1) is 12.8 Å². The van der Waals surface area contributed by atoms with E-state index >= 15 is 0 Å². The second-order valence-corrected chi connectivity index (χ2v) is 7.50. The van der Waals surface area contributed by atoms with Gasteiger partial charge in [0.25, 0.3) is 0 Å². The predicted molar refractivity (Wildman–Crippen MR) is 116 cm³/mol. The summed E-state index contributed by atoms with van der Waals surface area (Å²) < 4.78 is 5.84. The SMILES string of the molecule is Cc1cc(NC(=O)CC2CC3CCC(C2)N3)ccc1Oc1cccnc1.Cl.Cl. The van der Waals surface area contributed by atoms with E-state index in [1.807, 2.05) is 37.3 Å². The maximum atomic E-state index is 12.4. The zero-order valence-corrected chi connectivity index (χ0v) is 17.5. The van der Waals surface area contributed by atoms with Crippen molar-refractivity contribution < 1.29 is 9.53 Å². The normalized spacial score (nSPS) is 22.5. The van der Waals surface area contributed by atoms with Gasteiger partial charge in [-0.15, -0.1) is 24.8 Å². The summed E-state index contributed by atoms with van der Waals surface area (Å²) in [5.74, 6) is 2.08. The molecule has 2 aliphatic rings. The summed E-state index contributed by atoms with van der Waals surface area (Å²) in [5, 5.41) is 6.67. The highest BCUT2D eigenvalue weighted by Crippen LogP contribution is 2.33. The van der Waals surface area contributed by atoms with Gasteiger partial charge in [0.05, 0.1) is 6.20 Å². The monoisotopic (exact) mass is 423 g/mol. The van der Waals surface area contributed by atoms with E-state index in [-0.39, 0.29) is 30.7 Å². The molecule has 4 rings (SSSR count). The standard InChI is InChI=1S/C21H25N3O2.2ClH/c1-14-9-16(6-7-20(14)26-19-3-2-8-22-13-19)24-21(25)12-15-10-17-4-5-18(11-15)23-17;;/h2-3,6-9,13,15,17-18,23H,4-5,10-12H2,1H3,(H,24,25);2*1H. The predicted octanol–water partition coefficient (Wildman–Crippen LogP) is 4.89. The molecule has 2 aliphatic heterocycles. The highest BCUT2D eigenvalue weighted by atomic mass is 35.5. The Balaban J connectivity index is 0.00000140. The molecule has 2 unspecified atom stereocenters. The van der Waals surface area contributed by atoms with E-state index in [0.717, 1.165) is 29.8 Å². The summed E-state index contributed by atoms with van der Waals surface area (Å²) in [5.41, 5.74) is 1.80. The van der Waals surface area contributed by atoms with Crippen molar-refractivity contribution in [1.82, 2.24) is 10.3 Å². The van der Waals surface area contributed by atoms with Gasteiger partial charge in [0.2, 0.25) is 5.91 Å². The lowest BCUT2D eigenvalue weighted by Crippen LogP contribution is -2.39. The molecule has 1 amide bonds. The largest absolute Gasteiger partial charge is 0.455 e. The van der Waals surface area contributed by atoms with Crippen molar-refractivity contribution in [1.29, 1.82) is 0 Å². The Morgan fingerprint density at radius 3 is 2.61 bits per heavy atom. The number of halogens is 2. The average molecular weight is 424 g/mol. The number of nitrogens with one attached hydrogen (secondary N) is 2. The van der Waals surface area contributed by atoms with E-state index in [9.17, 15) is 4.79 Å². The fourth-order valence-corrected chi connectivity index (χ4v) is 4.19. The van der Waals surface area contributed by atoms with Gasteiger partial charge in [0.1, 0.15) is 11.5 Å². The molecule has 1 aromatic heterocycles. The van der Waals surface area contributed by atoms with Gasteiger partial charge >= 0.3 is 0 Å². The molecule has 0 saturated carbocycles. The number of aromatic nitrogens is 1. The van der Waals surface area contributed by atoms with E-state index in [1.54, 1.807) is 12.4 Å². The molecule has 2 fully saturated rings. The number of hydrogen-bond acceptors (Lipinski definition) is 4. The molecule has 0 aliphatic carbocycles. The molecule has 2 saturated heterocycles. The Morgan fingerprint density at radius 1 is 1.21 bits per heavy atom. The number of benzene rings is 1. The van der Waals surface area contributed by atoms with E-state index in [1.165, 1.54) is 12.8 Å². The highest BCUT2D eigenvalue weighted by Gasteiger charge is 2.34. The van der Waals surface area contributed by atoms with Crippen LogP contribution in [-0.4, -0.2) is 23.0 Å². The minimum atomic E-state index is 0. The number of rotatable bonds is 5. The average Bonchev–Trinajstić information content (AvgIpc) is 2.96. The van der Waals surface area contributed by atoms with Crippen molar-refractivity contribution in [2.45, 2.75) is 51.1 Å². The van der Waals surface area contributed by atoms with Crippen molar-refractivity contribution >= 4 is 36.4 Å². The molecule has 2 aromatic rings. The Morgan fingerprint density at radius 2 is 1.96 bits per heavy atom. The van der Waals surface area contributed by atoms with Crippen LogP contribution in [0.25, 0.3) is 0 Å². The van der Waals surface area contributed by atoms with Gasteiger partial charge in [-0.25, -0.2) is 0 Å². The molecular weight excluding hydrogens is 397 g/mol. The smallest absolute Gasteiger partial charge is 0.224 e. The lowest BCUT2D eigenvalue weighted by molar-refractivity contribution is -0.117. The molecule has 0 spiro atoms. The molecule has 3 heterocycles. The number of piperidine rings is 1. The fourth-order valence-electron chi connectivity index (χ4n) is 4.19. The van der Waals surface area contributed by atoms with Crippen LogP contribution in [0.1, 0.15) is 37.7 Å². The summed E-state index contributed by atoms with van der Waals surface area (Å²) in [7, 11) is 0. The Labute approximate surface area is 178 Å². The quantitative estimate of drug-likeness (QED) is 0.718.